The summed E-state index contributed by atoms with van der Waals surface area (Å²) in [5.74, 6) is 2.59. The van der Waals surface area contributed by atoms with Crippen LogP contribution in [-0.4, -0.2) is 28.3 Å². The van der Waals surface area contributed by atoms with Crippen LogP contribution in [0.5, 0.6) is 11.5 Å². The smallest absolute Gasteiger partial charge is 0.231 e. The molecule has 0 bridgehead atoms. The first-order valence-electron chi connectivity index (χ1n) is 9.90. The van der Waals surface area contributed by atoms with Crippen LogP contribution in [0.1, 0.15) is 30.3 Å². The molecule has 0 amide bonds. The van der Waals surface area contributed by atoms with Crippen molar-refractivity contribution in [1.82, 2.24) is 15.1 Å². The molecule has 4 rings (SSSR count). The fourth-order valence-electron chi connectivity index (χ4n) is 3.11. The quantitative estimate of drug-likeness (QED) is 0.371. The SMILES string of the molecule is CCOc1ccc(Cc2nc(-c3ccc(-c4csc(C)n4)cc3)no2)cc1OCC. The molecule has 30 heavy (non-hydrogen) atoms. The van der Waals surface area contributed by atoms with Crippen molar-refractivity contribution in [3.8, 4) is 34.1 Å². The summed E-state index contributed by atoms with van der Waals surface area (Å²) in [5, 5.41) is 7.25. The number of benzene rings is 2. The largest absolute Gasteiger partial charge is 0.490 e. The molecular formula is C23H23N3O3S. The van der Waals surface area contributed by atoms with Gasteiger partial charge < -0.3 is 14.0 Å². The lowest BCUT2D eigenvalue weighted by molar-refractivity contribution is 0.287. The highest BCUT2D eigenvalue weighted by Gasteiger charge is 2.12. The molecule has 4 aromatic rings. The predicted octanol–water partition coefficient (Wildman–Crippen LogP) is 5.56. The topological polar surface area (TPSA) is 70.3 Å². The highest BCUT2D eigenvalue weighted by Crippen LogP contribution is 2.30. The zero-order valence-corrected chi connectivity index (χ0v) is 18.0. The van der Waals surface area contributed by atoms with Gasteiger partial charge in [0.25, 0.3) is 0 Å². The first-order chi connectivity index (χ1) is 14.7. The molecule has 2 aromatic carbocycles. The monoisotopic (exact) mass is 421 g/mol. The van der Waals surface area contributed by atoms with Crippen molar-refractivity contribution in [3.05, 3.63) is 64.3 Å². The van der Waals surface area contributed by atoms with Gasteiger partial charge in [-0.05, 0) is 38.5 Å². The van der Waals surface area contributed by atoms with Crippen molar-refractivity contribution in [2.45, 2.75) is 27.2 Å². The molecule has 0 radical (unpaired) electrons. The first-order valence-corrected chi connectivity index (χ1v) is 10.8. The summed E-state index contributed by atoms with van der Waals surface area (Å²) in [4.78, 5) is 9.08. The Kier molecular flexibility index (Phi) is 6.09. The Balaban J connectivity index is 1.49. The Morgan fingerprint density at radius 1 is 0.900 bits per heavy atom. The minimum absolute atomic E-state index is 0.523. The lowest BCUT2D eigenvalue weighted by atomic mass is 10.1. The minimum atomic E-state index is 0.523. The van der Waals surface area contributed by atoms with Crippen LogP contribution < -0.4 is 9.47 Å². The Hall–Kier alpha value is -3.19. The molecule has 2 heterocycles. The van der Waals surface area contributed by atoms with Crippen LogP contribution in [0.25, 0.3) is 22.6 Å². The summed E-state index contributed by atoms with van der Waals surface area (Å²) in [6.45, 7) is 7.07. The number of nitrogens with zero attached hydrogens (tertiary/aromatic N) is 3. The third-order valence-corrected chi connectivity index (χ3v) is 5.26. The van der Waals surface area contributed by atoms with Gasteiger partial charge in [-0.15, -0.1) is 11.3 Å². The summed E-state index contributed by atoms with van der Waals surface area (Å²) in [7, 11) is 0. The van der Waals surface area contributed by atoms with E-state index in [9.17, 15) is 0 Å². The highest BCUT2D eigenvalue weighted by molar-refractivity contribution is 7.09. The maximum absolute atomic E-state index is 5.70. The van der Waals surface area contributed by atoms with Gasteiger partial charge in [0.1, 0.15) is 0 Å². The lowest BCUT2D eigenvalue weighted by Crippen LogP contribution is -1.99. The summed E-state index contributed by atoms with van der Waals surface area (Å²) >= 11 is 1.64. The third kappa shape index (κ3) is 4.52. The molecule has 0 unspecified atom stereocenters. The molecule has 0 atom stereocenters. The molecule has 2 aromatic heterocycles. The van der Waals surface area contributed by atoms with Gasteiger partial charge in [-0.2, -0.15) is 4.98 Å². The molecular weight excluding hydrogens is 398 g/mol. The number of hydrogen-bond acceptors (Lipinski definition) is 7. The number of rotatable bonds is 8. The Labute approximate surface area is 179 Å². The van der Waals surface area contributed by atoms with Gasteiger partial charge in [-0.3, -0.25) is 0 Å². The van der Waals surface area contributed by atoms with E-state index in [2.05, 4.69) is 20.5 Å². The van der Waals surface area contributed by atoms with E-state index in [0.29, 0.717) is 31.3 Å². The zero-order chi connectivity index (χ0) is 20.9. The highest BCUT2D eigenvalue weighted by atomic mass is 32.1. The fourth-order valence-corrected chi connectivity index (χ4v) is 3.73. The van der Waals surface area contributed by atoms with Gasteiger partial charge in [0, 0.05) is 16.5 Å². The van der Waals surface area contributed by atoms with E-state index < -0.39 is 0 Å². The van der Waals surface area contributed by atoms with Crippen LogP contribution in [0.15, 0.2) is 52.4 Å². The Bertz CT molecular complexity index is 1120. The number of thiazole rings is 1. The molecule has 7 heteroatoms. The maximum Gasteiger partial charge on any atom is 0.231 e. The molecule has 0 aliphatic heterocycles. The molecule has 0 aliphatic rings. The van der Waals surface area contributed by atoms with E-state index in [-0.39, 0.29) is 0 Å². The molecule has 0 saturated heterocycles. The van der Waals surface area contributed by atoms with Crippen LogP contribution in [0.3, 0.4) is 0 Å². The van der Waals surface area contributed by atoms with E-state index in [1.165, 1.54) is 0 Å². The molecule has 0 N–H and O–H groups in total. The van der Waals surface area contributed by atoms with Crippen molar-refractivity contribution in [2.75, 3.05) is 13.2 Å². The molecule has 154 valence electrons. The van der Waals surface area contributed by atoms with E-state index >= 15 is 0 Å². The average molecular weight is 422 g/mol. The number of aromatic nitrogens is 3. The summed E-state index contributed by atoms with van der Waals surface area (Å²) in [6.07, 6.45) is 0.523. The second kappa shape index (κ2) is 9.09. The third-order valence-electron chi connectivity index (χ3n) is 4.49. The average Bonchev–Trinajstić information content (AvgIpc) is 3.40. The summed E-state index contributed by atoms with van der Waals surface area (Å²) in [5.41, 5.74) is 3.98. The van der Waals surface area contributed by atoms with Gasteiger partial charge in [-0.1, -0.05) is 35.5 Å². The van der Waals surface area contributed by atoms with Gasteiger partial charge >= 0.3 is 0 Å². The van der Waals surface area contributed by atoms with Crippen molar-refractivity contribution < 1.29 is 14.0 Å². The molecule has 0 saturated carbocycles. The molecule has 0 fully saturated rings. The van der Waals surface area contributed by atoms with Crippen LogP contribution in [0, 0.1) is 6.92 Å². The van der Waals surface area contributed by atoms with E-state index in [1.807, 2.05) is 63.2 Å². The second-order valence-corrected chi connectivity index (χ2v) is 7.73. The first kappa shape index (κ1) is 20.1. The summed E-state index contributed by atoms with van der Waals surface area (Å²) in [6, 6.07) is 13.9. The van der Waals surface area contributed by atoms with E-state index in [1.54, 1.807) is 11.3 Å². The Morgan fingerprint density at radius 3 is 2.33 bits per heavy atom. The number of aryl methyl sites for hydroxylation is 1. The Morgan fingerprint density at radius 2 is 1.63 bits per heavy atom. The second-order valence-electron chi connectivity index (χ2n) is 6.66. The standard InChI is InChI=1S/C23H23N3O3S/c1-4-27-20-11-6-16(12-21(20)28-5-2)13-22-25-23(26-29-22)18-9-7-17(8-10-18)19-14-30-15(3)24-19/h6-12,14H,4-5,13H2,1-3H3. The maximum atomic E-state index is 5.70. The lowest BCUT2D eigenvalue weighted by Gasteiger charge is -2.11. The molecule has 0 aliphatic carbocycles. The molecule has 6 nitrogen and oxygen atoms in total. The van der Waals surface area contributed by atoms with Crippen molar-refractivity contribution >= 4 is 11.3 Å². The summed E-state index contributed by atoms with van der Waals surface area (Å²) < 4.78 is 16.8. The van der Waals surface area contributed by atoms with Crippen LogP contribution in [0.4, 0.5) is 0 Å². The zero-order valence-electron chi connectivity index (χ0n) is 17.2. The van der Waals surface area contributed by atoms with E-state index in [0.717, 1.165) is 38.9 Å². The predicted molar refractivity (Wildman–Crippen MR) is 117 cm³/mol. The van der Waals surface area contributed by atoms with Crippen molar-refractivity contribution in [1.29, 1.82) is 0 Å². The van der Waals surface area contributed by atoms with Gasteiger partial charge in [0.15, 0.2) is 11.5 Å². The van der Waals surface area contributed by atoms with Gasteiger partial charge in [-0.25, -0.2) is 4.98 Å². The number of hydrogen-bond donors (Lipinski definition) is 0. The number of ether oxygens (including phenoxy) is 2. The van der Waals surface area contributed by atoms with Crippen LogP contribution >= 0.6 is 11.3 Å². The van der Waals surface area contributed by atoms with Crippen LogP contribution in [-0.2, 0) is 6.42 Å². The van der Waals surface area contributed by atoms with Crippen LogP contribution in [0.2, 0.25) is 0 Å². The minimum Gasteiger partial charge on any atom is -0.490 e. The fraction of sp³-hybridized carbons (Fsp3) is 0.261. The van der Waals surface area contributed by atoms with Gasteiger partial charge in [0.2, 0.25) is 11.7 Å². The molecule has 0 spiro atoms. The van der Waals surface area contributed by atoms with Crippen molar-refractivity contribution in [3.63, 3.8) is 0 Å². The van der Waals surface area contributed by atoms with Gasteiger partial charge in [0.05, 0.1) is 30.3 Å². The van der Waals surface area contributed by atoms with Crippen molar-refractivity contribution in [2.24, 2.45) is 0 Å². The normalized spacial score (nSPS) is 10.9. The van der Waals surface area contributed by atoms with E-state index in [4.69, 9.17) is 14.0 Å².